The molecule has 0 aliphatic heterocycles. The number of thiazole rings is 1. The summed E-state index contributed by atoms with van der Waals surface area (Å²) in [4.78, 5) is 16.6. The van der Waals surface area contributed by atoms with Crippen LogP contribution in [-0.2, 0) is 6.42 Å². The third-order valence-corrected chi connectivity index (χ3v) is 4.15. The molecule has 0 radical (unpaired) electrons. The number of carbonyl (C=O) groups is 1. The van der Waals surface area contributed by atoms with Gasteiger partial charge in [0, 0.05) is 17.4 Å². The van der Waals surface area contributed by atoms with E-state index >= 15 is 0 Å². The van der Waals surface area contributed by atoms with Gasteiger partial charge < -0.3 is 4.74 Å². The zero-order valence-electron chi connectivity index (χ0n) is 13.0. The quantitative estimate of drug-likeness (QED) is 0.700. The van der Waals surface area contributed by atoms with Crippen molar-refractivity contribution in [3.63, 3.8) is 0 Å². The van der Waals surface area contributed by atoms with Crippen LogP contribution in [0.5, 0.6) is 5.75 Å². The summed E-state index contributed by atoms with van der Waals surface area (Å²) in [5.74, 6) is -0.352. The van der Waals surface area contributed by atoms with Crippen LogP contribution < -0.4 is 10.1 Å². The minimum absolute atomic E-state index is 0.00551. The van der Waals surface area contributed by atoms with Crippen LogP contribution in [0.1, 0.15) is 21.6 Å². The third-order valence-electron chi connectivity index (χ3n) is 3.34. The minimum atomic E-state index is -2.89. The Kier molecular flexibility index (Phi) is 5.35. The number of aromatic nitrogens is 1. The fraction of sp³-hybridized carbons (Fsp3) is 0.111. The Morgan fingerprint density at radius 3 is 2.52 bits per heavy atom. The molecule has 1 heterocycles. The summed E-state index contributed by atoms with van der Waals surface area (Å²) < 4.78 is 28.5. The molecule has 0 aliphatic rings. The Morgan fingerprint density at radius 1 is 1.12 bits per heavy atom. The van der Waals surface area contributed by atoms with E-state index < -0.39 is 6.61 Å². The summed E-state index contributed by atoms with van der Waals surface area (Å²) in [6.45, 7) is -2.89. The average Bonchev–Trinajstić information content (AvgIpc) is 3.02. The van der Waals surface area contributed by atoms with Crippen molar-refractivity contribution in [1.82, 2.24) is 4.98 Å². The third kappa shape index (κ3) is 4.84. The first kappa shape index (κ1) is 17.0. The topological polar surface area (TPSA) is 51.2 Å². The molecule has 0 spiro atoms. The van der Waals surface area contributed by atoms with Crippen molar-refractivity contribution in [2.24, 2.45) is 0 Å². The van der Waals surface area contributed by atoms with Gasteiger partial charge in [0.2, 0.25) is 0 Å². The fourth-order valence-corrected chi connectivity index (χ4v) is 2.91. The van der Waals surface area contributed by atoms with E-state index in [-0.39, 0.29) is 11.7 Å². The number of hydrogen-bond acceptors (Lipinski definition) is 4. The highest BCUT2D eigenvalue weighted by atomic mass is 32.1. The molecule has 3 aromatic rings. The van der Waals surface area contributed by atoms with Crippen LogP contribution in [0.2, 0.25) is 0 Å². The first-order chi connectivity index (χ1) is 12.1. The number of alkyl halides is 2. The number of nitrogens with zero attached hydrogens (tertiary/aromatic N) is 1. The number of halogens is 2. The minimum Gasteiger partial charge on any atom is -0.435 e. The maximum absolute atomic E-state index is 12.2. The van der Waals surface area contributed by atoms with Crippen molar-refractivity contribution in [3.8, 4) is 5.75 Å². The van der Waals surface area contributed by atoms with Crippen molar-refractivity contribution in [2.45, 2.75) is 13.0 Å². The second-order valence-electron chi connectivity index (χ2n) is 5.16. The molecule has 0 atom stereocenters. The molecular weight excluding hydrogens is 346 g/mol. The molecule has 3 rings (SSSR count). The van der Waals surface area contributed by atoms with Crippen LogP contribution in [-0.4, -0.2) is 17.5 Å². The molecule has 7 heteroatoms. The molecule has 0 saturated heterocycles. The fourth-order valence-electron chi connectivity index (χ4n) is 2.21. The zero-order chi connectivity index (χ0) is 17.6. The van der Waals surface area contributed by atoms with Crippen LogP contribution in [0.4, 0.5) is 13.9 Å². The van der Waals surface area contributed by atoms with Gasteiger partial charge >= 0.3 is 6.61 Å². The second kappa shape index (κ2) is 7.85. The molecule has 1 aromatic heterocycles. The highest BCUT2D eigenvalue weighted by molar-refractivity contribution is 7.14. The van der Waals surface area contributed by atoms with Crippen molar-refractivity contribution in [3.05, 3.63) is 76.8 Å². The van der Waals surface area contributed by atoms with Gasteiger partial charge in [0.1, 0.15) is 5.75 Å². The van der Waals surface area contributed by atoms with E-state index in [2.05, 4.69) is 15.0 Å². The number of nitrogens with one attached hydrogen (secondary N) is 1. The molecule has 0 aliphatic carbocycles. The molecule has 0 unspecified atom stereocenters. The van der Waals surface area contributed by atoms with Gasteiger partial charge in [0.15, 0.2) is 5.13 Å². The van der Waals surface area contributed by atoms with Gasteiger partial charge in [-0.05, 0) is 29.8 Å². The van der Waals surface area contributed by atoms with Crippen LogP contribution in [0.25, 0.3) is 0 Å². The lowest BCUT2D eigenvalue weighted by Crippen LogP contribution is -2.12. The smallest absolute Gasteiger partial charge is 0.387 e. The van der Waals surface area contributed by atoms with E-state index in [4.69, 9.17) is 0 Å². The first-order valence-corrected chi connectivity index (χ1v) is 8.32. The van der Waals surface area contributed by atoms with E-state index in [1.807, 2.05) is 35.7 Å². The van der Waals surface area contributed by atoms with Gasteiger partial charge in [0.25, 0.3) is 5.91 Å². The summed E-state index contributed by atoms with van der Waals surface area (Å²) in [5, 5.41) is 5.08. The Morgan fingerprint density at radius 2 is 1.84 bits per heavy atom. The van der Waals surface area contributed by atoms with Crippen LogP contribution >= 0.6 is 11.3 Å². The van der Waals surface area contributed by atoms with Crippen molar-refractivity contribution in [1.29, 1.82) is 0 Å². The summed E-state index contributed by atoms with van der Waals surface area (Å²) in [5.41, 5.74) is 2.34. The van der Waals surface area contributed by atoms with Crippen LogP contribution in [0.3, 0.4) is 0 Å². The summed E-state index contributed by atoms with van der Waals surface area (Å²) in [6, 6.07) is 15.4. The molecule has 2 aromatic carbocycles. The van der Waals surface area contributed by atoms with E-state index in [0.717, 1.165) is 11.3 Å². The standard InChI is InChI=1S/C18H14F2N2O2S/c19-17(20)24-15-8-6-13(7-9-15)16(23)22-18-21-14(11-25-18)10-12-4-2-1-3-5-12/h1-9,11,17H,10H2,(H,21,22,23). The van der Waals surface area contributed by atoms with Gasteiger partial charge in [-0.3, -0.25) is 10.1 Å². The number of ether oxygens (including phenoxy) is 1. The Balaban J connectivity index is 1.61. The van der Waals surface area contributed by atoms with E-state index in [1.165, 1.54) is 35.6 Å². The van der Waals surface area contributed by atoms with Crippen molar-refractivity contribution in [2.75, 3.05) is 5.32 Å². The average molecular weight is 360 g/mol. The highest BCUT2D eigenvalue weighted by Gasteiger charge is 2.11. The molecule has 1 amide bonds. The number of hydrogen-bond donors (Lipinski definition) is 1. The number of amides is 1. The largest absolute Gasteiger partial charge is 0.435 e. The summed E-state index contributed by atoms with van der Waals surface area (Å²) >= 11 is 1.34. The van der Waals surface area contributed by atoms with Crippen LogP contribution in [0, 0.1) is 0 Å². The molecule has 4 nitrogen and oxygen atoms in total. The molecule has 128 valence electrons. The number of anilines is 1. The molecule has 0 saturated carbocycles. The van der Waals surface area contributed by atoms with E-state index in [9.17, 15) is 13.6 Å². The van der Waals surface area contributed by atoms with Crippen LogP contribution in [0.15, 0.2) is 60.0 Å². The first-order valence-electron chi connectivity index (χ1n) is 7.45. The molecule has 25 heavy (non-hydrogen) atoms. The molecule has 0 bridgehead atoms. The molecular formula is C18H14F2N2O2S. The maximum Gasteiger partial charge on any atom is 0.387 e. The van der Waals surface area contributed by atoms with Gasteiger partial charge in [-0.1, -0.05) is 30.3 Å². The van der Waals surface area contributed by atoms with Crippen molar-refractivity contribution >= 4 is 22.4 Å². The van der Waals surface area contributed by atoms with Crippen molar-refractivity contribution < 1.29 is 18.3 Å². The predicted octanol–water partition coefficient (Wildman–Crippen LogP) is 4.59. The van der Waals surface area contributed by atoms with E-state index in [0.29, 0.717) is 17.1 Å². The van der Waals surface area contributed by atoms with Gasteiger partial charge in [0.05, 0.1) is 5.69 Å². The Hall–Kier alpha value is -2.80. The summed E-state index contributed by atoms with van der Waals surface area (Å²) in [6.07, 6.45) is 0.687. The number of rotatable bonds is 6. The van der Waals surface area contributed by atoms with Gasteiger partial charge in [-0.2, -0.15) is 8.78 Å². The lowest BCUT2D eigenvalue weighted by atomic mass is 10.1. The highest BCUT2D eigenvalue weighted by Crippen LogP contribution is 2.20. The number of benzene rings is 2. The van der Waals surface area contributed by atoms with Gasteiger partial charge in [-0.25, -0.2) is 4.98 Å². The number of carbonyl (C=O) groups excluding carboxylic acids is 1. The predicted molar refractivity (Wildman–Crippen MR) is 92.4 cm³/mol. The lowest BCUT2D eigenvalue weighted by molar-refractivity contribution is -0.0498. The van der Waals surface area contributed by atoms with E-state index in [1.54, 1.807) is 0 Å². The second-order valence-corrected chi connectivity index (χ2v) is 6.02. The molecule has 0 fully saturated rings. The molecule has 1 N–H and O–H groups in total. The lowest BCUT2D eigenvalue weighted by Gasteiger charge is -2.05. The van der Waals surface area contributed by atoms with Gasteiger partial charge in [-0.15, -0.1) is 11.3 Å². The Bertz CT molecular complexity index is 836. The normalized spacial score (nSPS) is 10.7. The zero-order valence-corrected chi connectivity index (χ0v) is 13.8. The Labute approximate surface area is 147 Å². The maximum atomic E-state index is 12.2. The monoisotopic (exact) mass is 360 g/mol. The summed E-state index contributed by atoms with van der Waals surface area (Å²) in [7, 11) is 0. The SMILES string of the molecule is O=C(Nc1nc(Cc2ccccc2)cs1)c1ccc(OC(F)F)cc1.